The summed E-state index contributed by atoms with van der Waals surface area (Å²) in [6, 6.07) is 0. The first-order valence-electron chi connectivity index (χ1n) is 25.0. The fraction of sp³-hybridized carbons (Fsp3) is 0.880. The van der Waals surface area contributed by atoms with Gasteiger partial charge in [0.1, 0.15) is 31.8 Å². The number of esters is 6. The molecule has 0 aliphatic heterocycles. The van der Waals surface area contributed by atoms with E-state index in [4.69, 9.17) is 28.4 Å². The molecule has 0 aromatic carbocycles. The number of nitrogens with zero attached hydrogens (tertiary/aromatic N) is 1. The molecule has 0 spiro atoms. The van der Waals surface area contributed by atoms with Crippen LogP contribution in [0.5, 0.6) is 0 Å². The summed E-state index contributed by atoms with van der Waals surface area (Å²) < 4.78 is 33.7. The Hall–Kier alpha value is -3.22. The molecule has 0 rings (SSSR count). The summed E-state index contributed by atoms with van der Waals surface area (Å²) >= 11 is 0. The minimum Gasteiger partial charge on any atom is -0.466 e. The van der Waals surface area contributed by atoms with Crippen LogP contribution in [-0.2, 0) is 57.2 Å². The zero-order valence-corrected chi connectivity index (χ0v) is 40.9. The topological polar surface area (TPSA) is 161 Å². The molecule has 0 N–H and O–H groups in total. The number of unbranched alkanes of at least 4 members (excludes halogenated alkanes) is 14. The van der Waals surface area contributed by atoms with Gasteiger partial charge in [0.2, 0.25) is 0 Å². The molecule has 0 radical (unpaired) electrons. The van der Waals surface area contributed by atoms with Gasteiger partial charge in [0, 0.05) is 38.5 Å². The third-order valence-corrected chi connectivity index (χ3v) is 11.1. The first kappa shape index (κ1) is 59.8. The maximum absolute atomic E-state index is 13.5. The fourth-order valence-corrected chi connectivity index (χ4v) is 6.89. The number of rotatable bonds is 44. The third-order valence-electron chi connectivity index (χ3n) is 11.1. The van der Waals surface area contributed by atoms with Crippen LogP contribution in [0.1, 0.15) is 214 Å². The molecule has 0 heterocycles. The number of ether oxygens (including phenoxy) is 6. The zero-order chi connectivity index (χ0) is 46.8. The maximum atomic E-state index is 13.5. The van der Waals surface area contributed by atoms with Gasteiger partial charge in [0.05, 0.1) is 13.2 Å². The van der Waals surface area contributed by atoms with E-state index in [2.05, 4.69) is 13.8 Å². The standard InChI is InChI=1S/C50H91NO12/c1-7-11-21-28-43(29-22-12-8-2)38-49(57)63-42-50(41-62-48(56)34-27-35-51(5)6,39-60-46(54)32-25-19-15-17-23-30-44(52)58-36-13-9-3)40-61-47(55)33-26-20-16-18-24-31-45(53)59-37-14-10-4/h43H,7-42H2,1-6H3. The van der Waals surface area contributed by atoms with E-state index in [1.165, 1.54) is 0 Å². The molecule has 0 aliphatic rings. The molecule has 0 bridgehead atoms. The Labute approximate surface area is 382 Å². The summed E-state index contributed by atoms with van der Waals surface area (Å²) in [6.07, 6.45) is 21.8. The highest BCUT2D eigenvalue weighted by atomic mass is 16.6. The van der Waals surface area contributed by atoms with Crippen molar-refractivity contribution in [1.82, 2.24) is 4.90 Å². The molecule has 0 unspecified atom stereocenters. The SMILES string of the molecule is CCCCCC(CCCCC)CC(=O)OCC(COC(=O)CCCCCCCC(=O)OCCCC)(COC(=O)CCCCCCCC(=O)OCCCC)COC(=O)CCCN(C)C. The summed E-state index contributed by atoms with van der Waals surface area (Å²) in [6.45, 7) is 8.98. The van der Waals surface area contributed by atoms with Crippen molar-refractivity contribution in [2.75, 3.05) is 60.3 Å². The molecule has 0 aliphatic carbocycles. The Morgan fingerprint density at radius 3 is 1.05 bits per heavy atom. The predicted molar refractivity (Wildman–Crippen MR) is 247 cm³/mol. The Morgan fingerprint density at radius 2 is 0.698 bits per heavy atom. The van der Waals surface area contributed by atoms with Gasteiger partial charge in [-0.3, -0.25) is 28.8 Å². The third kappa shape index (κ3) is 37.8. The zero-order valence-electron chi connectivity index (χ0n) is 40.9. The second kappa shape index (κ2) is 41.5. The van der Waals surface area contributed by atoms with E-state index in [1.807, 2.05) is 32.8 Å². The normalized spacial score (nSPS) is 11.4. The van der Waals surface area contributed by atoms with Crippen LogP contribution in [0.2, 0.25) is 0 Å². The number of carbonyl (C=O) groups excluding carboxylic acids is 6. The van der Waals surface area contributed by atoms with E-state index < -0.39 is 23.3 Å². The average Bonchev–Trinajstić information content (AvgIpc) is 3.25. The van der Waals surface area contributed by atoms with Crippen molar-refractivity contribution in [2.24, 2.45) is 11.3 Å². The van der Waals surface area contributed by atoms with Gasteiger partial charge in [-0.15, -0.1) is 0 Å². The molecule has 13 nitrogen and oxygen atoms in total. The molecule has 0 amide bonds. The minimum atomic E-state index is -1.31. The van der Waals surface area contributed by atoms with Crippen LogP contribution in [-0.4, -0.2) is 101 Å². The van der Waals surface area contributed by atoms with E-state index in [0.29, 0.717) is 51.9 Å². The lowest BCUT2D eigenvalue weighted by Gasteiger charge is -2.32. The van der Waals surface area contributed by atoms with Crippen LogP contribution in [0.4, 0.5) is 0 Å². The van der Waals surface area contributed by atoms with Crippen molar-refractivity contribution in [3.63, 3.8) is 0 Å². The van der Waals surface area contributed by atoms with Crippen LogP contribution in [0, 0.1) is 11.3 Å². The molecule has 0 aromatic rings. The molecule has 0 saturated heterocycles. The molecule has 0 saturated carbocycles. The Morgan fingerprint density at radius 1 is 0.381 bits per heavy atom. The highest BCUT2D eigenvalue weighted by Gasteiger charge is 2.38. The largest absolute Gasteiger partial charge is 0.466 e. The average molecular weight is 898 g/mol. The number of hydrogen-bond donors (Lipinski definition) is 0. The second-order valence-electron chi connectivity index (χ2n) is 17.8. The van der Waals surface area contributed by atoms with Crippen LogP contribution >= 0.6 is 0 Å². The predicted octanol–water partition coefficient (Wildman–Crippen LogP) is 10.8. The number of hydrogen-bond acceptors (Lipinski definition) is 13. The van der Waals surface area contributed by atoms with E-state index in [9.17, 15) is 28.8 Å². The van der Waals surface area contributed by atoms with Gasteiger partial charge in [-0.1, -0.05) is 118 Å². The van der Waals surface area contributed by atoms with Crippen LogP contribution in [0.25, 0.3) is 0 Å². The van der Waals surface area contributed by atoms with Gasteiger partial charge < -0.3 is 33.3 Å². The lowest BCUT2D eigenvalue weighted by Crippen LogP contribution is -2.44. The molecule has 0 aromatic heterocycles. The van der Waals surface area contributed by atoms with Gasteiger partial charge in [-0.2, -0.15) is 0 Å². The van der Waals surface area contributed by atoms with Crippen molar-refractivity contribution in [1.29, 1.82) is 0 Å². The van der Waals surface area contributed by atoms with Crippen LogP contribution < -0.4 is 0 Å². The quantitative estimate of drug-likeness (QED) is 0.0323. The van der Waals surface area contributed by atoms with Gasteiger partial charge in [0.15, 0.2) is 0 Å². The molecule has 63 heavy (non-hydrogen) atoms. The Kier molecular flexibility index (Phi) is 39.4. The molecular formula is C50H91NO12. The van der Waals surface area contributed by atoms with Crippen molar-refractivity contribution < 1.29 is 57.2 Å². The Balaban J connectivity index is 5.70. The highest BCUT2D eigenvalue weighted by Crippen LogP contribution is 2.26. The second-order valence-corrected chi connectivity index (χ2v) is 17.8. The summed E-state index contributed by atoms with van der Waals surface area (Å²) in [4.78, 5) is 78.4. The smallest absolute Gasteiger partial charge is 0.306 e. The summed E-state index contributed by atoms with van der Waals surface area (Å²) in [7, 11) is 3.85. The number of carbonyl (C=O) groups is 6. The summed E-state index contributed by atoms with van der Waals surface area (Å²) in [5.74, 6) is -1.87. The molecule has 368 valence electrons. The first-order valence-corrected chi connectivity index (χ1v) is 25.0. The van der Waals surface area contributed by atoms with Crippen LogP contribution in [0.3, 0.4) is 0 Å². The summed E-state index contributed by atoms with van der Waals surface area (Å²) in [5.41, 5.74) is -1.31. The van der Waals surface area contributed by atoms with Gasteiger partial charge in [-0.25, -0.2) is 0 Å². The Bertz CT molecular complexity index is 1130. The minimum absolute atomic E-state index is 0.163. The lowest BCUT2D eigenvalue weighted by molar-refractivity contribution is -0.171. The van der Waals surface area contributed by atoms with Crippen molar-refractivity contribution in [2.45, 2.75) is 214 Å². The fourth-order valence-electron chi connectivity index (χ4n) is 6.89. The van der Waals surface area contributed by atoms with Gasteiger partial charge in [0.25, 0.3) is 0 Å². The van der Waals surface area contributed by atoms with Crippen LogP contribution in [0.15, 0.2) is 0 Å². The molecule has 0 atom stereocenters. The highest BCUT2D eigenvalue weighted by molar-refractivity contribution is 5.71. The van der Waals surface area contributed by atoms with Gasteiger partial charge in [-0.05, 0) is 84.3 Å². The van der Waals surface area contributed by atoms with Crippen molar-refractivity contribution >= 4 is 35.8 Å². The molecule has 0 fully saturated rings. The molecule has 13 heteroatoms. The monoisotopic (exact) mass is 898 g/mol. The van der Waals surface area contributed by atoms with Gasteiger partial charge >= 0.3 is 35.8 Å². The van der Waals surface area contributed by atoms with E-state index >= 15 is 0 Å². The maximum Gasteiger partial charge on any atom is 0.306 e. The lowest BCUT2D eigenvalue weighted by atomic mass is 9.91. The molecular weight excluding hydrogens is 807 g/mol. The van der Waals surface area contributed by atoms with E-state index in [-0.39, 0.29) is 75.9 Å². The van der Waals surface area contributed by atoms with Crippen molar-refractivity contribution in [3.05, 3.63) is 0 Å². The van der Waals surface area contributed by atoms with E-state index in [1.54, 1.807) is 0 Å². The summed E-state index contributed by atoms with van der Waals surface area (Å²) in [5, 5.41) is 0. The van der Waals surface area contributed by atoms with Crippen molar-refractivity contribution in [3.8, 4) is 0 Å². The van der Waals surface area contributed by atoms with E-state index in [0.717, 1.165) is 128 Å². The first-order chi connectivity index (χ1) is 30.4.